The predicted molar refractivity (Wildman–Crippen MR) is 108 cm³/mol. The first-order chi connectivity index (χ1) is 13.5. The Kier molecular flexibility index (Phi) is 6.29. The Morgan fingerprint density at radius 1 is 1.14 bits per heavy atom. The number of hydrogen-bond donors (Lipinski definition) is 1. The molecule has 2 aromatic rings. The Hall–Kier alpha value is -2.89. The van der Waals surface area contributed by atoms with Crippen molar-refractivity contribution in [2.45, 2.75) is 39.3 Å². The zero-order valence-electron chi connectivity index (χ0n) is 16.4. The average Bonchev–Trinajstić information content (AvgIpc) is 2.70. The largest absolute Gasteiger partial charge is 0.351 e. The number of carbonyl (C=O) groups excluding carboxylic acids is 2. The fraction of sp³-hybridized carbons (Fsp3) is 0.409. The Morgan fingerprint density at radius 2 is 1.89 bits per heavy atom. The van der Waals surface area contributed by atoms with E-state index in [1.165, 1.54) is 0 Å². The number of hydrogen-bond acceptors (Lipinski definition) is 3. The van der Waals surface area contributed by atoms with E-state index in [0.717, 1.165) is 18.4 Å². The van der Waals surface area contributed by atoms with Crippen LogP contribution in [0.2, 0.25) is 0 Å². The van der Waals surface area contributed by atoms with Crippen LogP contribution >= 0.6 is 0 Å². The summed E-state index contributed by atoms with van der Waals surface area (Å²) in [5.74, 6) is -0.370. The summed E-state index contributed by atoms with van der Waals surface area (Å²) >= 11 is 0. The normalized spacial score (nSPS) is 16.8. The summed E-state index contributed by atoms with van der Waals surface area (Å²) < 4.78 is 1.56. The fourth-order valence-electron chi connectivity index (χ4n) is 3.42. The molecule has 0 spiro atoms. The SMILES string of the molecule is CC(C)C(=O)NC1CCCN(C(=O)c2cccn(Cc3ccccc3)c2=O)C1. The lowest BCUT2D eigenvalue weighted by Crippen LogP contribution is -2.51. The quantitative estimate of drug-likeness (QED) is 0.864. The molecule has 2 heterocycles. The molecular weight excluding hydrogens is 354 g/mol. The molecule has 148 valence electrons. The topological polar surface area (TPSA) is 71.4 Å². The molecule has 1 aliphatic rings. The van der Waals surface area contributed by atoms with Crippen molar-refractivity contribution in [2.24, 2.45) is 5.92 Å². The molecular formula is C22H27N3O3. The number of carbonyl (C=O) groups is 2. The Bertz CT molecular complexity index is 889. The monoisotopic (exact) mass is 381 g/mol. The lowest BCUT2D eigenvalue weighted by Gasteiger charge is -2.33. The molecule has 1 fully saturated rings. The van der Waals surface area contributed by atoms with Gasteiger partial charge in [0.25, 0.3) is 11.5 Å². The van der Waals surface area contributed by atoms with Gasteiger partial charge in [-0.2, -0.15) is 0 Å². The summed E-state index contributed by atoms with van der Waals surface area (Å²) in [7, 11) is 0. The smallest absolute Gasteiger partial charge is 0.263 e. The predicted octanol–water partition coefficient (Wildman–Crippen LogP) is 2.27. The number of amides is 2. The maximum atomic E-state index is 13.0. The highest BCUT2D eigenvalue weighted by Gasteiger charge is 2.27. The van der Waals surface area contributed by atoms with E-state index in [1.54, 1.807) is 27.8 Å². The number of rotatable bonds is 5. The summed E-state index contributed by atoms with van der Waals surface area (Å²) in [6.45, 7) is 5.15. The van der Waals surface area contributed by atoms with Crippen molar-refractivity contribution in [2.75, 3.05) is 13.1 Å². The van der Waals surface area contributed by atoms with Gasteiger partial charge in [0.1, 0.15) is 5.56 Å². The second-order valence-corrected chi connectivity index (χ2v) is 7.59. The van der Waals surface area contributed by atoms with Crippen LogP contribution < -0.4 is 10.9 Å². The first-order valence-electron chi connectivity index (χ1n) is 9.78. The van der Waals surface area contributed by atoms with Crippen molar-refractivity contribution in [3.63, 3.8) is 0 Å². The van der Waals surface area contributed by atoms with Gasteiger partial charge in [0.15, 0.2) is 0 Å². The van der Waals surface area contributed by atoms with Crippen LogP contribution in [0.3, 0.4) is 0 Å². The minimum Gasteiger partial charge on any atom is -0.351 e. The third-order valence-corrected chi connectivity index (χ3v) is 5.03. The molecule has 1 N–H and O–H groups in total. The number of aromatic nitrogens is 1. The number of piperidine rings is 1. The minimum atomic E-state index is -0.287. The zero-order valence-corrected chi connectivity index (χ0v) is 16.4. The summed E-state index contributed by atoms with van der Waals surface area (Å²) in [6, 6.07) is 12.9. The molecule has 28 heavy (non-hydrogen) atoms. The van der Waals surface area contributed by atoms with Gasteiger partial charge in [-0.15, -0.1) is 0 Å². The zero-order chi connectivity index (χ0) is 20.1. The van der Waals surface area contributed by atoms with Crippen LogP contribution in [0.15, 0.2) is 53.5 Å². The molecule has 1 aliphatic heterocycles. The molecule has 6 heteroatoms. The van der Waals surface area contributed by atoms with Crippen LogP contribution in [-0.2, 0) is 11.3 Å². The van der Waals surface area contributed by atoms with E-state index in [1.807, 2.05) is 44.2 Å². The number of likely N-dealkylation sites (tertiary alicyclic amines) is 1. The molecule has 1 aromatic carbocycles. The van der Waals surface area contributed by atoms with Crippen LogP contribution in [0.4, 0.5) is 0 Å². The molecule has 1 saturated heterocycles. The van der Waals surface area contributed by atoms with Crippen molar-refractivity contribution < 1.29 is 9.59 Å². The van der Waals surface area contributed by atoms with E-state index in [2.05, 4.69) is 5.32 Å². The van der Waals surface area contributed by atoms with Crippen LogP contribution in [0.25, 0.3) is 0 Å². The van der Waals surface area contributed by atoms with Gasteiger partial charge < -0.3 is 14.8 Å². The molecule has 2 amide bonds. The molecule has 1 atom stereocenters. The van der Waals surface area contributed by atoms with Crippen molar-refractivity contribution in [3.8, 4) is 0 Å². The number of benzene rings is 1. The van der Waals surface area contributed by atoms with Gasteiger partial charge in [0, 0.05) is 31.2 Å². The van der Waals surface area contributed by atoms with E-state index in [4.69, 9.17) is 0 Å². The highest BCUT2D eigenvalue weighted by molar-refractivity contribution is 5.94. The molecule has 1 unspecified atom stereocenters. The fourth-order valence-corrected chi connectivity index (χ4v) is 3.42. The van der Waals surface area contributed by atoms with Gasteiger partial charge in [-0.05, 0) is 30.5 Å². The number of pyridine rings is 1. The van der Waals surface area contributed by atoms with Gasteiger partial charge in [-0.1, -0.05) is 44.2 Å². The van der Waals surface area contributed by atoms with E-state index in [9.17, 15) is 14.4 Å². The van der Waals surface area contributed by atoms with E-state index in [-0.39, 0.29) is 34.9 Å². The van der Waals surface area contributed by atoms with Crippen molar-refractivity contribution in [3.05, 3.63) is 70.1 Å². The van der Waals surface area contributed by atoms with Crippen LogP contribution in [0, 0.1) is 5.92 Å². The number of nitrogens with one attached hydrogen (secondary N) is 1. The molecule has 0 radical (unpaired) electrons. The minimum absolute atomic E-state index is 0.00998. The molecule has 3 rings (SSSR count). The summed E-state index contributed by atoms with van der Waals surface area (Å²) in [5, 5.41) is 3.00. The summed E-state index contributed by atoms with van der Waals surface area (Å²) in [6.07, 6.45) is 3.35. The molecule has 0 aliphatic carbocycles. The van der Waals surface area contributed by atoms with E-state index < -0.39 is 0 Å². The van der Waals surface area contributed by atoms with Crippen molar-refractivity contribution in [1.82, 2.24) is 14.8 Å². The third kappa shape index (κ3) is 4.68. The average molecular weight is 381 g/mol. The van der Waals surface area contributed by atoms with Crippen LogP contribution in [0.1, 0.15) is 42.6 Å². The van der Waals surface area contributed by atoms with E-state index in [0.29, 0.717) is 19.6 Å². The Balaban J connectivity index is 1.74. The first kappa shape index (κ1) is 19.9. The van der Waals surface area contributed by atoms with Crippen molar-refractivity contribution in [1.29, 1.82) is 0 Å². The van der Waals surface area contributed by atoms with Gasteiger partial charge in [0.2, 0.25) is 5.91 Å². The standard InChI is InChI=1S/C22H27N3O3/c1-16(2)20(26)23-18-10-6-12-25(15-18)22(28)19-11-7-13-24(21(19)27)14-17-8-4-3-5-9-17/h3-5,7-9,11,13,16,18H,6,10,12,14-15H2,1-2H3,(H,23,26). The molecule has 6 nitrogen and oxygen atoms in total. The Morgan fingerprint density at radius 3 is 2.61 bits per heavy atom. The maximum Gasteiger partial charge on any atom is 0.263 e. The van der Waals surface area contributed by atoms with Gasteiger partial charge in [0.05, 0.1) is 6.54 Å². The molecule has 1 aromatic heterocycles. The Labute approximate surface area is 165 Å². The van der Waals surface area contributed by atoms with Gasteiger partial charge in [-0.3, -0.25) is 14.4 Å². The van der Waals surface area contributed by atoms with Crippen LogP contribution in [-0.4, -0.2) is 40.4 Å². The maximum absolute atomic E-state index is 13.0. The first-order valence-corrected chi connectivity index (χ1v) is 9.78. The van der Waals surface area contributed by atoms with Crippen LogP contribution in [0.5, 0.6) is 0 Å². The van der Waals surface area contributed by atoms with Gasteiger partial charge in [-0.25, -0.2) is 0 Å². The highest BCUT2D eigenvalue weighted by Crippen LogP contribution is 2.13. The number of nitrogens with zero attached hydrogens (tertiary/aromatic N) is 2. The highest BCUT2D eigenvalue weighted by atomic mass is 16.2. The summed E-state index contributed by atoms with van der Waals surface area (Å²) in [5.41, 5.74) is 0.891. The second kappa shape index (κ2) is 8.87. The second-order valence-electron chi connectivity index (χ2n) is 7.59. The van der Waals surface area contributed by atoms with E-state index >= 15 is 0 Å². The summed E-state index contributed by atoms with van der Waals surface area (Å²) in [4.78, 5) is 39.5. The lowest BCUT2D eigenvalue weighted by atomic mass is 10.0. The van der Waals surface area contributed by atoms with Crippen molar-refractivity contribution >= 4 is 11.8 Å². The third-order valence-electron chi connectivity index (χ3n) is 5.03. The molecule has 0 saturated carbocycles. The van der Waals surface area contributed by atoms with Gasteiger partial charge >= 0.3 is 0 Å². The lowest BCUT2D eigenvalue weighted by molar-refractivity contribution is -0.125. The molecule has 0 bridgehead atoms.